The SMILES string of the molecule is Cc1cc(=O)[nH]c(SCc2ccc(CN)o2)n1. The monoisotopic (exact) mass is 251 g/mol. The number of hydrogen-bond donors (Lipinski definition) is 2. The molecule has 0 aliphatic heterocycles. The van der Waals surface area contributed by atoms with Crippen molar-refractivity contribution < 1.29 is 4.42 Å². The highest BCUT2D eigenvalue weighted by Crippen LogP contribution is 2.19. The minimum Gasteiger partial charge on any atom is -0.464 e. The van der Waals surface area contributed by atoms with Crippen molar-refractivity contribution >= 4 is 11.8 Å². The Morgan fingerprint density at radius 2 is 2.24 bits per heavy atom. The van der Waals surface area contributed by atoms with Gasteiger partial charge in [-0.2, -0.15) is 0 Å². The quantitative estimate of drug-likeness (QED) is 0.634. The first kappa shape index (κ1) is 11.9. The summed E-state index contributed by atoms with van der Waals surface area (Å²) < 4.78 is 5.45. The molecule has 2 rings (SSSR count). The Hall–Kier alpha value is -1.53. The van der Waals surface area contributed by atoms with E-state index in [1.807, 2.05) is 12.1 Å². The molecule has 0 saturated heterocycles. The number of H-pyrrole nitrogens is 1. The van der Waals surface area contributed by atoms with Crippen LogP contribution < -0.4 is 11.3 Å². The summed E-state index contributed by atoms with van der Waals surface area (Å²) in [4.78, 5) is 18.1. The van der Waals surface area contributed by atoms with E-state index in [-0.39, 0.29) is 5.56 Å². The number of nitrogens with zero attached hydrogens (tertiary/aromatic N) is 1. The average molecular weight is 251 g/mol. The fourth-order valence-electron chi connectivity index (χ4n) is 1.37. The van der Waals surface area contributed by atoms with Gasteiger partial charge in [0.15, 0.2) is 5.16 Å². The third-order valence-electron chi connectivity index (χ3n) is 2.12. The van der Waals surface area contributed by atoms with Crippen LogP contribution in [-0.4, -0.2) is 9.97 Å². The van der Waals surface area contributed by atoms with Crippen LogP contribution in [0.2, 0.25) is 0 Å². The van der Waals surface area contributed by atoms with Gasteiger partial charge in [0.25, 0.3) is 5.56 Å². The Morgan fingerprint density at radius 1 is 1.47 bits per heavy atom. The van der Waals surface area contributed by atoms with Crippen molar-refractivity contribution in [2.45, 2.75) is 24.4 Å². The fourth-order valence-corrected chi connectivity index (χ4v) is 2.18. The van der Waals surface area contributed by atoms with Crippen molar-refractivity contribution in [3.8, 4) is 0 Å². The molecule has 5 nitrogen and oxygen atoms in total. The number of nitrogens with one attached hydrogen (secondary N) is 1. The van der Waals surface area contributed by atoms with Crippen LogP contribution in [0.4, 0.5) is 0 Å². The van der Waals surface area contributed by atoms with Crippen LogP contribution in [0.3, 0.4) is 0 Å². The smallest absolute Gasteiger partial charge is 0.251 e. The van der Waals surface area contributed by atoms with Crippen LogP contribution >= 0.6 is 11.8 Å². The van der Waals surface area contributed by atoms with Gasteiger partial charge in [-0.1, -0.05) is 11.8 Å². The highest BCUT2D eigenvalue weighted by Gasteiger charge is 2.04. The van der Waals surface area contributed by atoms with Gasteiger partial charge >= 0.3 is 0 Å². The van der Waals surface area contributed by atoms with Gasteiger partial charge in [-0.15, -0.1) is 0 Å². The zero-order valence-electron chi connectivity index (χ0n) is 9.40. The second kappa shape index (κ2) is 5.20. The highest BCUT2D eigenvalue weighted by atomic mass is 32.2. The van der Waals surface area contributed by atoms with Crippen LogP contribution in [0.1, 0.15) is 17.2 Å². The predicted octanol–water partition coefficient (Wildman–Crippen LogP) is 1.42. The second-order valence-electron chi connectivity index (χ2n) is 3.55. The first-order valence-corrected chi connectivity index (χ1v) is 6.14. The van der Waals surface area contributed by atoms with Crippen LogP contribution in [0.5, 0.6) is 0 Å². The van der Waals surface area contributed by atoms with Crippen molar-refractivity contribution in [2.75, 3.05) is 0 Å². The molecule has 0 radical (unpaired) electrons. The maximum absolute atomic E-state index is 11.2. The van der Waals surface area contributed by atoms with E-state index < -0.39 is 0 Å². The third-order valence-corrected chi connectivity index (χ3v) is 3.01. The molecule has 0 fully saturated rings. The number of hydrogen-bond acceptors (Lipinski definition) is 5. The maximum Gasteiger partial charge on any atom is 0.251 e. The van der Waals surface area contributed by atoms with E-state index in [1.54, 1.807) is 6.92 Å². The van der Waals surface area contributed by atoms with E-state index in [9.17, 15) is 4.79 Å². The van der Waals surface area contributed by atoms with Crippen molar-refractivity contribution in [3.05, 3.63) is 45.8 Å². The summed E-state index contributed by atoms with van der Waals surface area (Å²) in [5.41, 5.74) is 6.02. The van der Waals surface area contributed by atoms with Gasteiger partial charge in [0, 0.05) is 11.8 Å². The Labute approximate surface area is 102 Å². The molecule has 3 N–H and O–H groups in total. The molecule has 0 saturated carbocycles. The molecule has 90 valence electrons. The van der Waals surface area contributed by atoms with E-state index in [4.69, 9.17) is 10.2 Å². The van der Waals surface area contributed by atoms with Gasteiger partial charge in [-0.3, -0.25) is 4.79 Å². The zero-order chi connectivity index (χ0) is 12.3. The fraction of sp³-hybridized carbons (Fsp3) is 0.273. The standard InChI is InChI=1S/C11H13N3O2S/c1-7-4-10(15)14-11(13-7)17-6-9-3-2-8(5-12)16-9/h2-4H,5-6,12H2,1H3,(H,13,14,15). The molecule has 0 unspecified atom stereocenters. The molecule has 2 heterocycles. The van der Waals surface area contributed by atoms with Crippen molar-refractivity contribution in [1.82, 2.24) is 9.97 Å². The van der Waals surface area contributed by atoms with E-state index in [2.05, 4.69) is 9.97 Å². The molecule has 2 aromatic heterocycles. The molecule has 17 heavy (non-hydrogen) atoms. The van der Waals surface area contributed by atoms with E-state index >= 15 is 0 Å². The second-order valence-corrected chi connectivity index (χ2v) is 4.52. The Bertz CT molecular complexity index is 562. The number of aryl methyl sites for hydroxylation is 1. The molecule has 0 atom stereocenters. The Morgan fingerprint density at radius 3 is 2.88 bits per heavy atom. The molecule has 0 aromatic carbocycles. The van der Waals surface area contributed by atoms with Crippen molar-refractivity contribution in [1.29, 1.82) is 0 Å². The molecule has 2 aromatic rings. The number of rotatable bonds is 4. The Kier molecular flexibility index (Phi) is 3.65. The van der Waals surface area contributed by atoms with Gasteiger partial charge in [0.2, 0.25) is 0 Å². The number of furan rings is 1. The number of aromatic nitrogens is 2. The molecule has 0 aliphatic carbocycles. The van der Waals surface area contributed by atoms with Crippen LogP contribution in [0.25, 0.3) is 0 Å². The van der Waals surface area contributed by atoms with Crippen LogP contribution in [0.15, 0.2) is 32.6 Å². The summed E-state index contributed by atoms with van der Waals surface area (Å²) in [7, 11) is 0. The van der Waals surface area contributed by atoms with Gasteiger partial charge < -0.3 is 15.1 Å². The lowest BCUT2D eigenvalue weighted by Crippen LogP contribution is -2.07. The third kappa shape index (κ3) is 3.21. The van der Waals surface area contributed by atoms with E-state index in [0.717, 1.165) is 11.5 Å². The average Bonchev–Trinajstić information content (AvgIpc) is 2.73. The lowest BCUT2D eigenvalue weighted by molar-refractivity contribution is 0.482. The normalized spacial score (nSPS) is 10.7. The van der Waals surface area contributed by atoms with Gasteiger partial charge in [-0.05, 0) is 19.1 Å². The molecular formula is C11H13N3O2S. The maximum atomic E-state index is 11.2. The van der Waals surface area contributed by atoms with Crippen LogP contribution in [0, 0.1) is 6.92 Å². The number of aromatic amines is 1. The van der Waals surface area contributed by atoms with Crippen molar-refractivity contribution in [3.63, 3.8) is 0 Å². The van der Waals surface area contributed by atoms with Gasteiger partial charge in [0.05, 0.1) is 12.3 Å². The van der Waals surface area contributed by atoms with Crippen molar-refractivity contribution in [2.24, 2.45) is 5.73 Å². The first-order valence-electron chi connectivity index (χ1n) is 5.16. The number of nitrogens with two attached hydrogens (primary N) is 1. The van der Waals surface area contributed by atoms with Gasteiger partial charge in [-0.25, -0.2) is 4.98 Å². The lowest BCUT2D eigenvalue weighted by atomic mass is 10.4. The predicted molar refractivity (Wildman–Crippen MR) is 65.8 cm³/mol. The zero-order valence-corrected chi connectivity index (χ0v) is 10.2. The summed E-state index contributed by atoms with van der Waals surface area (Å²) in [5.74, 6) is 2.19. The minimum absolute atomic E-state index is 0.137. The molecule has 0 aliphatic rings. The highest BCUT2D eigenvalue weighted by molar-refractivity contribution is 7.98. The topological polar surface area (TPSA) is 84.9 Å². The summed E-state index contributed by atoms with van der Waals surface area (Å²) in [6.45, 7) is 2.18. The minimum atomic E-state index is -0.137. The largest absolute Gasteiger partial charge is 0.464 e. The lowest BCUT2D eigenvalue weighted by Gasteiger charge is -1.99. The Balaban J connectivity index is 2.04. The molecule has 0 amide bonds. The summed E-state index contributed by atoms with van der Waals surface area (Å²) in [6.07, 6.45) is 0. The summed E-state index contributed by atoms with van der Waals surface area (Å²) >= 11 is 1.42. The van der Waals surface area contributed by atoms with Gasteiger partial charge in [0.1, 0.15) is 11.5 Å². The molecule has 0 spiro atoms. The molecular weight excluding hydrogens is 238 g/mol. The molecule has 6 heteroatoms. The summed E-state index contributed by atoms with van der Waals surface area (Å²) in [5, 5.41) is 0.598. The molecule has 0 bridgehead atoms. The number of thioether (sulfide) groups is 1. The van der Waals surface area contributed by atoms with Crippen LogP contribution in [-0.2, 0) is 12.3 Å². The van der Waals surface area contributed by atoms with E-state index in [1.165, 1.54) is 17.8 Å². The van der Waals surface area contributed by atoms with E-state index in [0.29, 0.717) is 23.1 Å². The summed E-state index contributed by atoms with van der Waals surface area (Å²) in [6, 6.07) is 5.19. The first-order chi connectivity index (χ1) is 8.17.